The zero-order valence-corrected chi connectivity index (χ0v) is 11.0. The molecule has 0 spiro atoms. The maximum atomic E-state index is 11.5. The number of hydrogen-bond donors (Lipinski definition) is 0. The fraction of sp³-hybridized carbons (Fsp3) is 0.929. The molecule has 2 nitrogen and oxygen atoms in total. The van der Waals surface area contributed by atoms with Gasteiger partial charge in [0.1, 0.15) is 0 Å². The van der Waals surface area contributed by atoms with Gasteiger partial charge in [0.05, 0.1) is 0 Å². The monoisotopic (exact) mass is 225 g/mol. The largest absolute Gasteiger partial charge is 0.340 e. The third-order valence-corrected chi connectivity index (χ3v) is 3.63. The summed E-state index contributed by atoms with van der Waals surface area (Å²) in [6, 6.07) is 0.493. The van der Waals surface area contributed by atoms with Crippen LogP contribution < -0.4 is 0 Å². The minimum absolute atomic E-state index is 0.374. The molecule has 2 heteroatoms. The fourth-order valence-corrected chi connectivity index (χ4v) is 2.46. The van der Waals surface area contributed by atoms with Gasteiger partial charge in [0.25, 0.3) is 0 Å². The predicted octanol–water partition coefficient (Wildman–Crippen LogP) is 3.75. The molecule has 1 aliphatic rings. The van der Waals surface area contributed by atoms with Crippen LogP contribution >= 0.6 is 0 Å². The number of amides is 1. The molecule has 94 valence electrons. The zero-order chi connectivity index (χ0) is 11.8. The number of carbonyl (C=O) groups excluding carboxylic acids is 1. The lowest BCUT2D eigenvalue weighted by Crippen LogP contribution is -2.31. The van der Waals surface area contributed by atoms with Gasteiger partial charge >= 0.3 is 0 Å². The summed E-state index contributed by atoms with van der Waals surface area (Å²) in [5.74, 6) is 0.374. The standard InChI is InChI=1S/C14H27NO/c1-3-4-5-6-7-8-9-12-15-13(2)10-11-14(15)16/h13H,3-12H2,1-2H3. The van der Waals surface area contributed by atoms with Crippen LogP contribution in [0.3, 0.4) is 0 Å². The first-order chi connectivity index (χ1) is 7.75. The third kappa shape index (κ3) is 4.54. The van der Waals surface area contributed by atoms with Crippen molar-refractivity contribution in [3.8, 4) is 0 Å². The smallest absolute Gasteiger partial charge is 0.222 e. The second kappa shape index (κ2) is 7.70. The summed E-state index contributed by atoms with van der Waals surface area (Å²) in [6.07, 6.45) is 11.1. The molecule has 1 saturated heterocycles. The van der Waals surface area contributed by atoms with Gasteiger partial charge in [-0.2, -0.15) is 0 Å². The van der Waals surface area contributed by atoms with Crippen LogP contribution in [-0.4, -0.2) is 23.4 Å². The van der Waals surface area contributed by atoms with Gasteiger partial charge < -0.3 is 4.90 Å². The van der Waals surface area contributed by atoms with Crippen molar-refractivity contribution < 1.29 is 4.79 Å². The molecule has 1 rings (SSSR count). The quantitative estimate of drug-likeness (QED) is 0.576. The maximum absolute atomic E-state index is 11.5. The van der Waals surface area contributed by atoms with E-state index >= 15 is 0 Å². The van der Waals surface area contributed by atoms with Crippen molar-refractivity contribution in [1.82, 2.24) is 4.90 Å². The molecule has 1 fully saturated rings. The summed E-state index contributed by atoms with van der Waals surface area (Å²) in [4.78, 5) is 13.6. The van der Waals surface area contributed by atoms with Crippen molar-refractivity contribution >= 4 is 5.91 Å². The summed E-state index contributed by atoms with van der Waals surface area (Å²) < 4.78 is 0. The molecular formula is C14H27NO. The Morgan fingerprint density at radius 2 is 1.75 bits per heavy atom. The summed E-state index contributed by atoms with van der Waals surface area (Å²) in [7, 11) is 0. The van der Waals surface area contributed by atoms with Crippen LogP contribution in [0.1, 0.15) is 71.6 Å². The molecule has 1 atom stereocenters. The Morgan fingerprint density at radius 3 is 2.31 bits per heavy atom. The SMILES string of the molecule is CCCCCCCCCN1C(=O)CCC1C. The number of nitrogens with zero attached hydrogens (tertiary/aromatic N) is 1. The molecule has 0 bridgehead atoms. The minimum atomic E-state index is 0.374. The topological polar surface area (TPSA) is 20.3 Å². The van der Waals surface area contributed by atoms with E-state index in [1.165, 1.54) is 44.9 Å². The lowest BCUT2D eigenvalue weighted by atomic mass is 10.1. The highest BCUT2D eigenvalue weighted by molar-refractivity contribution is 5.78. The molecule has 0 radical (unpaired) electrons. The van der Waals surface area contributed by atoms with Gasteiger partial charge in [0.15, 0.2) is 0 Å². The lowest BCUT2D eigenvalue weighted by Gasteiger charge is -2.21. The third-order valence-electron chi connectivity index (χ3n) is 3.63. The van der Waals surface area contributed by atoms with Gasteiger partial charge in [-0.05, 0) is 19.8 Å². The van der Waals surface area contributed by atoms with Crippen molar-refractivity contribution in [2.24, 2.45) is 0 Å². The highest BCUT2D eigenvalue weighted by Gasteiger charge is 2.26. The Bertz CT molecular complexity index is 203. The van der Waals surface area contributed by atoms with Crippen LogP contribution in [0.15, 0.2) is 0 Å². The average Bonchev–Trinajstić information content (AvgIpc) is 2.59. The van der Waals surface area contributed by atoms with Gasteiger partial charge in [0, 0.05) is 19.0 Å². The van der Waals surface area contributed by atoms with Crippen LogP contribution in [-0.2, 0) is 4.79 Å². The highest BCUT2D eigenvalue weighted by Crippen LogP contribution is 2.18. The molecule has 1 heterocycles. The van der Waals surface area contributed by atoms with E-state index < -0.39 is 0 Å². The van der Waals surface area contributed by atoms with Gasteiger partial charge in [-0.1, -0.05) is 45.4 Å². The first kappa shape index (κ1) is 13.5. The Kier molecular flexibility index (Phi) is 6.51. The molecule has 16 heavy (non-hydrogen) atoms. The molecule has 0 aromatic carbocycles. The maximum Gasteiger partial charge on any atom is 0.222 e. The van der Waals surface area contributed by atoms with Gasteiger partial charge in [-0.3, -0.25) is 4.79 Å². The average molecular weight is 225 g/mol. The zero-order valence-electron chi connectivity index (χ0n) is 11.0. The van der Waals surface area contributed by atoms with E-state index in [2.05, 4.69) is 18.7 Å². The molecular weight excluding hydrogens is 198 g/mol. The molecule has 0 aromatic rings. The van der Waals surface area contributed by atoms with E-state index in [4.69, 9.17) is 0 Å². The minimum Gasteiger partial charge on any atom is -0.340 e. The van der Waals surface area contributed by atoms with Crippen LogP contribution in [0.5, 0.6) is 0 Å². The fourth-order valence-electron chi connectivity index (χ4n) is 2.46. The van der Waals surface area contributed by atoms with E-state index in [0.717, 1.165) is 19.4 Å². The van der Waals surface area contributed by atoms with Crippen molar-refractivity contribution in [2.75, 3.05) is 6.54 Å². The molecule has 0 aromatic heterocycles. The van der Waals surface area contributed by atoms with Gasteiger partial charge in [0.2, 0.25) is 5.91 Å². The van der Waals surface area contributed by atoms with Crippen LogP contribution in [0.2, 0.25) is 0 Å². The van der Waals surface area contributed by atoms with Crippen LogP contribution in [0.4, 0.5) is 0 Å². The van der Waals surface area contributed by atoms with Crippen molar-refractivity contribution in [3.63, 3.8) is 0 Å². The van der Waals surface area contributed by atoms with E-state index in [1.54, 1.807) is 0 Å². The normalized spacial score (nSPS) is 20.8. The molecule has 0 aliphatic carbocycles. The number of likely N-dealkylation sites (tertiary alicyclic amines) is 1. The molecule has 0 N–H and O–H groups in total. The van der Waals surface area contributed by atoms with E-state index in [9.17, 15) is 4.79 Å². The molecule has 1 unspecified atom stereocenters. The molecule has 1 aliphatic heterocycles. The Balaban J connectivity index is 1.96. The lowest BCUT2D eigenvalue weighted by molar-refractivity contribution is -0.128. The van der Waals surface area contributed by atoms with Crippen LogP contribution in [0.25, 0.3) is 0 Å². The first-order valence-corrected chi connectivity index (χ1v) is 7.05. The van der Waals surface area contributed by atoms with Crippen molar-refractivity contribution in [1.29, 1.82) is 0 Å². The molecule has 1 amide bonds. The molecule has 0 saturated carbocycles. The predicted molar refractivity (Wildman–Crippen MR) is 68.4 cm³/mol. The summed E-state index contributed by atoms with van der Waals surface area (Å²) in [6.45, 7) is 5.42. The Hall–Kier alpha value is -0.530. The van der Waals surface area contributed by atoms with Crippen molar-refractivity contribution in [3.05, 3.63) is 0 Å². The van der Waals surface area contributed by atoms with Gasteiger partial charge in [-0.25, -0.2) is 0 Å². The first-order valence-electron chi connectivity index (χ1n) is 7.05. The van der Waals surface area contributed by atoms with Crippen molar-refractivity contribution in [2.45, 2.75) is 77.7 Å². The number of carbonyl (C=O) groups is 1. The van der Waals surface area contributed by atoms with E-state index in [1.807, 2.05) is 0 Å². The number of hydrogen-bond acceptors (Lipinski definition) is 1. The van der Waals surface area contributed by atoms with Crippen LogP contribution in [0, 0.1) is 0 Å². The summed E-state index contributed by atoms with van der Waals surface area (Å²) >= 11 is 0. The number of rotatable bonds is 8. The Labute approximate surface area is 100 Å². The summed E-state index contributed by atoms with van der Waals surface area (Å²) in [5.41, 5.74) is 0. The highest BCUT2D eigenvalue weighted by atomic mass is 16.2. The van der Waals surface area contributed by atoms with Gasteiger partial charge in [-0.15, -0.1) is 0 Å². The second-order valence-electron chi connectivity index (χ2n) is 5.10. The van der Waals surface area contributed by atoms with E-state index in [-0.39, 0.29) is 0 Å². The summed E-state index contributed by atoms with van der Waals surface area (Å²) in [5, 5.41) is 0. The second-order valence-corrected chi connectivity index (χ2v) is 5.10. The van der Waals surface area contributed by atoms with E-state index in [0.29, 0.717) is 11.9 Å². The Morgan fingerprint density at radius 1 is 1.12 bits per heavy atom. The number of unbranched alkanes of at least 4 members (excludes halogenated alkanes) is 6.